The van der Waals surface area contributed by atoms with Crippen molar-refractivity contribution in [1.82, 2.24) is 0 Å². The standard InChI is InChI=1S/C20H37NO3/c1-2-3-4-5-6-7-8-9-10-11-12-13-14-15-16-17-18-19-20(22)21(23)24/h8-9H,2-7,10-19H2,1H3/b9-8+. The van der Waals surface area contributed by atoms with E-state index in [1.165, 1.54) is 77.0 Å². The maximum atomic E-state index is 10.8. The maximum Gasteiger partial charge on any atom is 0.444 e. The molecule has 0 aromatic heterocycles. The number of nitro groups is 1. The lowest BCUT2D eigenvalue weighted by Gasteiger charge is -2.00. The number of amides is 1. The van der Waals surface area contributed by atoms with Gasteiger partial charge in [0.2, 0.25) is 0 Å². The van der Waals surface area contributed by atoms with Crippen molar-refractivity contribution in [3.8, 4) is 0 Å². The number of hydrogen-bond acceptors (Lipinski definition) is 3. The molecule has 24 heavy (non-hydrogen) atoms. The van der Waals surface area contributed by atoms with E-state index in [2.05, 4.69) is 19.1 Å². The minimum Gasteiger partial charge on any atom is -0.256 e. The molecule has 0 N–H and O–H groups in total. The number of hydrogen-bond donors (Lipinski definition) is 0. The van der Waals surface area contributed by atoms with Crippen LogP contribution in [0.25, 0.3) is 0 Å². The Morgan fingerprint density at radius 1 is 0.750 bits per heavy atom. The summed E-state index contributed by atoms with van der Waals surface area (Å²) in [5, 5.41) is 10.2. The molecule has 4 nitrogen and oxygen atoms in total. The van der Waals surface area contributed by atoms with Crippen molar-refractivity contribution in [2.24, 2.45) is 0 Å². The van der Waals surface area contributed by atoms with E-state index in [9.17, 15) is 14.9 Å². The van der Waals surface area contributed by atoms with Gasteiger partial charge < -0.3 is 0 Å². The van der Waals surface area contributed by atoms with Gasteiger partial charge in [-0.2, -0.15) is 0 Å². The van der Waals surface area contributed by atoms with Crippen LogP contribution >= 0.6 is 0 Å². The van der Waals surface area contributed by atoms with Crippen LogP contribution in [0.2, 0.25) is 0 Å². The fourth-order valence-corrected chi connectivity index (χ4v) is 2.79. The zero-order chi connectivity index (χ0) is 17.9. The molecule has 4 heteroatoms. The van der Waals surface area contributed by atoms with Gasteiger partial charge in [0.25, 0.3) is 0 Å². The highest BCUT2D eigenvalue weighted by atomic mass is 16.6. The Labute approximate surface area is 148 Å². The first-order valence-corrected chi connectivity index (χ1v) is 10.0. The Morgan fingerprint density at radius 2 is 1.17 bits per heavy atom. The quantitative estimate of drug-likeness (QED) is 0.130. The monoisotopic (exact) mass is 339 g/mol. The Balaban J connectivity index is 3.14. The fraction of sp³-hybridized carbons (Fsp3) is 0.850. The second kappa shape index (κ2) is 18.2. The van der Waals surface area contributed by atoms with Gasteiger partial charge >= 0.3 is 5.91 Å². The van der Waals surface area contributed by atoms with Crippen molar-refractivity contribution in [3.05, 3.63) is 22.3 Å². The third-order valence-corrected chi connectivity index (χ3v) is 4.36. The number of nitrogens with zero attached hydrogens (tertiary/aromatic N) is 1. The molecule has 0 unspecified atom stereocenters. The Bertz CT molecular complexity index is 340. The molecule has 1 amide bonds. The zero-order valence-corrected chi connectivity index (χ0v) is 15.6. The molecule has 0 saturated carbocycles. The lowest BCUT2D eigenvalue weighted by molar-refractivity contribution is -0.402. The fourth-order valence-electron chi connectivity index (χ4n) is 2.79. The van der Waals surface area contributed by atoms with Crippen molar-refractivity contribution >= 4 is 5.91 Å². The number of allylic oxidation sites excluding steroid dienone is 2. The average Bonchev–Trinajstić information content (AvgIpc) is 2.57. The molecule has 0 aromatic rings. The van der Waals surface area contributed by atoms with Crippen LogP contribution in [-0.4, -0.2) is 10.8 Å². The lowest BCUT2D eigenvalue weighted by atomic mass is 10.1. The molecule has 0 atom stereocenters. The van der Waals surface area contributed by atoms with Gasteiger partial charge in [-0.05, 0) is 32.1 Å². The third kappa shape index (κ3) is 17.2. The molecule has 0 aliphatic rings. The van der Waals surface area contributed by atoms with E-state index < -0.39 is 10.8 Å². The predicted molar refractivity (Wildman–Crippen MR) is 101 cm³/mol. The van der Waals surface area contributed by atoms with Crippen molar-refractivity contribution in [2.75, 3.05) is 0 Å². The van der Waals surface area contributed by atoms with Gasteiger partial charge in [-0.3, -0.25) is 10.1 Å². The van der Waals surface area contributed by atoms with Crippen LogP contribution in [0.15, 0.2) is 12.2 Å². The minimum atomic E-state index is -0.844. The third-order valence-electron chi connectivity index (χ3n) is 4.36. The molecular formula is C20H37NO3. The highest BCUT2D eigenvalue weighted by Crippen LogP contribution is 2.11. The predicted octanol–water partition coefficient (Wildman–Crippen LogP) is 6.61. The molecular weight excluding hydrogens is 302 g/mol. The molecule has 0 aliphatic carbocycles. The summed E-state index contributed by atoms with van der Waals surface area (Å²) in [6.45, 7) is 2.25. The molecule has 0 rings (SSSR count). The van der Waals surface area contributed by atoms with Crippen molar-refractivity contribution in [3.63, 3.8) is 0 Å². The second-order valence-corrected chi connectivity index (χ2v) is 6.69. The molecule has 0 radical (unpaired) electrons. The highest BCUT2D eigenvalue weighted by molar-refractivity contribution is 5.66. The van der Waals surface area contributed by atoms with Gasteiger partial charge in [0.15, 0.2) is 0 Å². The lowest BCUT2D eigenvalue weighted by Crippen LogP contribution is -2.10. The molecule has 0 spiro atoms. The summed E-state index contributed by atoms with van der Waals surface area (Å²) in [5.74, 6) is -0.844. The van der Waals surface area contributed by atoms with Crippen molar-refractivity contribution in [1.29, 1.82) is 0 Å². The Morgan fingerprint density at radius 3 is 1.62 bits per heavy atom. The first kappa shape index (κ1) is 22.8. The van der Waals surface area contributed by atoms with E-state index >= 15 is 0 Å². The number of carbonyl (C=O) groups excluding carboxylic acids is 1. The first-order valence-electron chi connectivity index (χ1n) is 10.0. The van der Waals surface area contributed by atoms with Crippen molar-refractivity contribution < 1.29 is 9.72 Å². The first-order chi connectivity index (χ1) is 11.7. The zero-order valence-electron chi connectivity index (χ0n) is 15.6. The summed E-state index contributed by atoms with van der Waals surface area (Å²) >= 11 is 0. The number of unbranched alkanes of at least 4 members (excludes halogenated alkanes) is 13. The largest absolute Gasteiger partial charge is 0.444 e. The van der Waals surface area contributed by atoms with E-state index in [4.69, 9.17) is 0 Å². The van der Waals surface area contributed by atoms with Crippen LogP contribution in [0.3, 0.4) is 0 Å². The maximum absolute atomic E-state index is 10.8. The molecule has 0 aromatic carbocycles. The Kier molecular flexibility index (Phi) is 17.3. The second-order valence-electron chi connectivity index (χ2n) is 6.69. The van der Waals surface area contributed by atoms with Crippen LogP contribution < -0.4 is 0 Å². The molecule has 0 fully saturated rings. The summed E-state index contributed by atoms with van der Waals surface area (Å²) < 4.78 is 0. The van der Waals surface area contributed by atoms with Crippen LogP contribution in [0.1, 0.15) is 110 Å². The highest BCUT2D eigenvalue weighted by Gasteiger charge is 2.12. The van der Waals surface area contributed by atoms with E-state index in [1.807, 2.05) is 0 Å². The van der Waals surface area contributed by atoms with Gasteiger partial charge in [-0.25, -0.2) is 4.79 Å². The molecule has 0 aliphatic heterocycles. The summed E-state index contributed by atoms with van der Waals surface area (Å²) in [7, 11) is 0. The van der Waals surface area contributed by atoms with E-state index in [0.717, 1.165) is 12.8 Å². The van der Waals surface area contributed by atoms with Crippen LogP contribution in [0, 0.1) is 10.1 Å². The summed E-state index contributed by atoms with van der Waals surface area (Å²) in [6, 6.07) is 0. The van der Waals surface area contributed by atoms with Gasteiger partial charge in [0.1, 0.15) is 4.92 Å². The van der Waals surface area contributed by atoms with Gasteiger partial charge in [0, 0.05) is 0 Å². The topological polar surface area (TPSA) is 60.2 Å². The summed E-state index contributed by atoms with van der Waals surface area (Å²) in [4.78, 5) is 20.1. The number of rotatable bonds is 17. The summed E-state index contributed by atoms with van der Waals surface area (Å²) in [6.07, 6.45) is 23.0. The van der Waals surface area contributed by atoms with Gasteiger partial charge in [-0.15, -0.1) is 0 Å². The van der Waals surface area contributed by atoms with Crippen LogP contribution in [-0.2, 0) is 4.79 Å². The molecule has 0 saturated heterocycles. The van der Waals surface area contributed by atoms with E-state index in [1.54, 1.807) is 0 Å². The minimum absolute atomic E-state index is 0.0952. The SMILES string of the molecule is CCCCCCC/C=C/CCCCCCCCCCC(=O)[N+](=O)[O-]. The van der Waals surface area contributed by atoms with Gasteiger partial charge in [0.05, 0.1) is 6.42 Å². The average molecular weight is 340 g/mol. The molecule has 140 valence electrons. The normalized spacial score (nSPS) is 11.2. The number of carbonyl (C=O) groups is 1. The summed E-state index contributed by atoms with van der Waals surface area (Å²) in [5.41, 5.74) is 0. The van der Waals surface area contributed by atoms with E-state index in [0.29, 0.717) is 6.42 Å². The van der Waals surface area contributed by atoms with Crippen molar-refractivity contribution in [2.45, 2.75) is 110 Å². The molecule has 0 bridgehead atoms. The molecule has 0 heterocycles. The smallest absolute Gasteiger partial charge is 0.256 e. The van der Waals surface area contributed by atoms with Crippen LogP contribution in [0.4, 0.5) is 0 Å². The van der Waals surface area contributed by atoms with Gasteiger partial charge in [-0.1, -0.05) is 83.3 Å². The Hall–Kier alpha value is -1.19. The van der Waals surface area contributed by atoms with E-state index in [-0.39, 0.29) is 6.42 Å². The van der Waals surface area contributed by atoms with Crippen LogP contribution in [0.5, 0.6) is 0 Å².